The lowest BCUT2D eigenvalue weighted by atomic mass is 10.0. The van der Waals surface area contributed by atoms with E-state index in [1.165, 1.54) is 18.3 Å². The monoisotopic (exact) mass is 303 g/mol. The number of halogens is 3. The van der Waals surface area contributed by atoms with Crippen molar-refractivity contribution in [3.05, 3.63) is 40.9 Å². The molecule has 0 saturated carbocycles. The number of alkyl halides is 3. The summed E-state index contributed by atoms with van der Waals surface area (Å²) in [7, 11) is 0. The zero-order valence-electron chi connectivity index (χ0n) is 10.5. The normalized spacial score (nSPS) is 13.2. The molecule has 0 saturated heterocycles. The van der Waals surface area contributed by atoms with Crippen LogP contribution >= 0.6 is 11.5 Å². The fourth-order valence-electron chi connectivity index (χ4n) is 1.81. The van der Waals surface area contributed by atoms with E-state index in [2.05, 4.69) is 19.6 Å². The molecule has 1 atom stereocenters. The SMILES string of the molecule is CCNC(c1cnns1)c1ccccc1OC(F)(F)F. The van der Waals surface area contributed by atoms with Crippen molar-refractivity contribution in [1.29, 1.82) is 0 Å². The van der Waals surface area contributed by atoms with Crippen LogP contribution in [-0.2, 0) is 0 Å². The van der Waals surface area contributed by atoms with Gasteiger partial charge in [0.15, 0.2) is 0 Å². The highest BCUT2D eigenvalue weighted by molar-refractivity contribution is 7.05. The Morgan fingerprint density at radius 3 is 2.70 bits per heavy atom. The van der Waals surface area contributed by atoms with E-state index < -0.39 is 12.4 Å². The molecule has 1 unspecified atom stereocenters. The van der Waals surface area contributed by atoms with Crippen LogP contribution in [-0.4, -0.2) is 22.5 Å². The molecule has 0 spiro atoms. The average Bonchev–Trinajstić information content (AvgIpc) is 2.89. The maximum absolute atomic E-state index is 12.4. The number of benzene rings is 1. The molecule has 108 valence electrons. The van der Waals surface area contributed by atoms with Crippen molar-refractivity contribution in [3.63, 3.8) is 0 Å². The fraction of sp³-hybridized carbons (Fsp3) is 0.333. The number of ether oxygens (including phenoxy) is 1. The average molecular weight is 303 g/mol. The maximum atomic E-state index is 12.4. The molecule has 20 heavy (non-hydrogen) atoms. The number of para-hydroxylation sites is 1. The van der Waals surface area contributed by atoms with Crippen LogP contribution in [0.5, 0.6) is 5.75 Å². The highest BCUT2D eigenvalue weighted by atomic mass is 32.1. The van der Waals surface area contributed by atoms with Gasteiger partial charge in [-0.05, 0) is 24.1 Å². The quantitative estimate of drug-likeness (QED) is 0.922. The Labute approximate surface area is 117 Å². The van der Waals surface area contributed by atoms with Crippen molar-refractivity contribution in [2.75, 3.05) is 6.54 Å². The standard InChI is InChI=1S/C12H12F3N3OS/c1-2-16-11(10-7-17-18-20-10)8-5-3-4-6-9(8)19-12(13,14)15/h3-7,11,16H,2H2,1H3. The number of rotatable bonds is 5. The van der Waals surface area contributed by atoms with Gasteiger partial charge in [0.25, 0.3) is 0 Å². The molecular weight excluding hydrogens is 291 g/mol. The first kappa shape index (κ1) is 14.7. The van der Waals surface area contributed by atoms with Crippen LogP contribution in [0, 0.1) is 0 Å². The minimum absolute atomic E-state index is 0.223. The van der Waals surface area contributed by atoms with Crippen LogP contribution in [0.25, 0.3) is 0 Å². The number of aromatic nitrogens is 2. The second-order valence-corrected chi connectivity index (χ2v) is 4.71. The van der Waals surface area contributed by atoms with E-state index in [9.17, 15) is 13.2 Å². The Bertz CT molecular complexity index is 545. The molecule has 0 fully saturated rings. The van der Waals surface area contributed by atoms with Gasteiger partial charge in [-0.25, -0.2) is 0 Å². The number of hydrogen-bond acceptors (Lipinski definition) is 5. The van der Waals surface area contributed by atoms with Crippen molar-refractivity contribution >= 4 is 11.5 Å². The van der Waals surface area contributed by atoms with Crippen molar-refractivity contribution in [3.8, 4) is 5.75 Å². The van der Waals surface area contributed by atoms with E-state index in [1.807, 2.05) is 6.92 Å². The second kappa shape index (κ2) is 6.19. The Morgan fingerprint density at radius 1 is 1.35 bits per heavy atom. The highest BCUT2D eigenvalue weighted by Crippen LogP contribution is 2.34. The smallest absolute Gasteiger partial charge is 0.405 e. The van der Waals surface area contributed by atoms with Crippen LogP contribution in [0.4, 0.5) is 13.2 Å². The zero-order chi connectivity index (χ0) is 14.6. The molecule has 0 amide bonds. The Morgan fingerprint density at radius 2 is 2.10 bits per heavy atom. The number of hydrogen-bond donors (Lipinski definition) is 1. The molecule has 1 heterocycles. The summed E-state index contributed by atoms with van der Waals surface area (Å²) in [6.45, 7) is 2.46. The van der Waals surface area contributed by atoms with E-state index in [4.69, 9.17) is 0 Å². The molecule has 1 aromatic carbocycles. The summed E-state index contributed by atoms with van der Waals surface area (Å²) >= 11 is 1.13. The molecule has 1 N–H and O–H groups in total. The lowest BCUT2D eigenvalue weighted by molar-refractivity contribution is -0.275. The first-order chi connectivity index (χ1) is 9.51. The van der Waals surface area contributed by atoms with Crippen molar-refractivity contribution in [2.45, 2.75) is 19.3 Å². The molecule has 8 heteroatoms. The van der Waals surface area contributed by atoms with E-state index in [-0.39, 0.29) is 5.75 Å². The lowest BCUT2D eigenvalue weighted by Crippen LogP contribution is -2.24. The predicted molar refractivity (Wildman–Crippen MR) is 68.6 cm³/mol. The number of nitrogens with one attached hydrogen (secondary N) is 1. The fourth-order valence-corrected chi connectivity index (χ4v) is 2.41. The van der Waals surface area contributed by atoms with Crippen LogP contribution in [0.1, 0.15) is 23.4 Å². The topological polar surface area (TPSA) is 47.0 Å². The summed E-state index contributed by atoms with van der Waals surface area (Å²) in [4.78, 5) is 0.727. The molecule has 0 aliphatic heterocycles. The first-order valence-corrected chi connectivity index (χ1v) is 6.64. The van der Waals surface area contributed by atoms with Gasteiger partial charge in [0.2, 0.25) is 0 Å². The zero-order valence-corrected chi connectivity index (χ0v) is 11.3. The van der Waals surface area contributed by atoms with Crippen LogP contribution in [0.2, 0.25) is 0 Å². The van der Waals surface area contributed by atoms with Gasteiger partial charge >= 0.3 is 6.36 Å². The van der Waals surface area contributed by atoms with Crippen LogP contribution in [0.3, 0.4) is 0 Å². The summed E-state index contributed by atoms with van der Waals surface area (Å²) in [5.41, 5.74) is 0.401. The van der Waals surface area contributed by atoms with Crippen LogP contribution in [0.15, 0.2) is 30.5 Å². The van der Waals surface area contributed by atoms with Gasteiger partial charge in [-0.3, -0.25) is 0 Å². The van der Waals surface area contributed by atoms with Gasteiger partial charge < -0.3 is 10.1 Å². The van der Waals surface area contributed by atoms with Gasteiger partial charge in [0, 0.05) is 5.56 Å². The molecule has 2 rings (SSSR count). The summed E-state index contributed by atoms with van der Waals surface area (Å²) in [5, 5.41) is 6.83. The second-order valence-electron chi connectivity index (χ2n) is 3.90. The molecule has 0 bridgehead atoms. The number of nitrogens with zero attached hydrogens (tertiary/aromatic N) is 2. The Balaban J connectivity index is 2.38. The lowest BCUT2D eigenvalue weighted by Gasteiger charge is -2.20. The minimum Gasteiger partial charge on any atom is -0.405 e. The minimum atomic E-state index is -4.72. The molecular formula is C12H12F3N3OS. The maximum Gasteiger partial charge on any atom is 0.573 e. The summed E-state index contributed by atoms with van der Waals surface area (Å²) in [6.07, 6.45) is -3.19. The molecule has 1 aromatic heterocycles. The molecule has 0 aliphatic carbocycles. The van der Waals surface area contributed by atoms with Gasteiger partial charge in [0.05, 0.1) is 17.1 Å². The van der Waals surface area contributed by atoms with E-state index >= 15 is 0 Å². The largest absolute Gasteiger partial charge is 0.573 e. The van der Waals surface area contributed by atoms with E-state index in [1.54, 1.807) is 12.1 Å². The first-order valence-electron chi connectivity index (χ1n) is 5.86. The van der Waals surface area contributed by atoms with Gasteiger partial charge in [-0.15, -0.1) is 18.3 Å². The molecule has 2 aromatic rings. The van der Waals surface area contributed by atoms with Crippen molar-refractivity contribution in [1.82, 2.24) is 14.9 Å². The molecule has 4 nitrogen and oxygen atoms in total. The van der Waals surface area contributed by atoms with Crippen LogP contribution < -0.4 is 10.1 Å². The molecule has 0 aliphatic rings. The van der Waals surface area contributed by atoms with E-state index in [0.29, 0.717) is 12.1 Å². The van der Waals surface area contributed by atoms with Crippen molar-refractivity contribution in [2.24, 2.45) is 0 Å². The predicted octanol–water partition coefficient (Wildman–Crippen LogP) is 3.14. The third-order valence-corrected chi connectivity index (χ3v) is 3.25. The summed E-state index contributed by atoms with van der Waals surface area (Å²) < 4.78 is 45.2. The highest BCUT2D eigenvalue weighted by Gasteiger charge is 2.33. The summed E-state index contributed by atoms with van der Waals surface area (Å²) in [5.74, 6) is -0.223. The van der Waals surface area contributed by atoms with E-state index in [0.717, 1.165) is 16.4 Å². The third kappa shape index (κ3) is 3.67. The Hall–Kier alpha value is -1.67. The molecule has 0 radical (unpaired) electrons. The summed E-state index contributed by atoms with van der Waals surface area (Å²) in [6, 6.07) is 5.62. The van der Waals surface area contributed by atoms with Gasteiger partial charge in [-0.1, -0.05) is 29.6 Å². The van der Waals surface area contributed by atoms with Gasteiger partial charge in [-0.2, -0.15) is 0 Å². The van der Waals surface area contributed by atoms with Gasteiger partial charge in [0.1, 0.15) is 5.75 Å². The third-order valence-electron chi connectivity index (χ3n) is 2.53. The Kier molecular flexibility index (Phi) is 4.56. The van der Waals surface area contributed by atoms with Crippen molar-refractivity contribution < 1.29 is 17.9 Å².